The Balaban J connectivity index is 1.32. The summed E-state index contributed by atoms with van der Waals surface area (Å²) in [5.41, 5.74) is 3.84. The van der Waals surface area contributed by atoms with Crippen LogP contribution in [0.3, 0.4) is 0 Å². The maximum absolute atomic E-state index is 13.2. The number of hydrogen-bond acceptors (Lipinski definition) is 5. The smallest absolute Gasteiger partial charge is 0.412 e. The third kappa shape index (κ3) is 7.14. The summed E-state index contributed by atoms with van der Waals surface area (Å²) in [6.45, 7) is 5.36. The number of rotatable bonds is 10. The van der Waals surface area contributed by atoms with Crippen molar-refractivity contribution >= 4 is 35.4 Å². The minimum Gasteiger partial charge on any atom is -0.444 e. The molecule has 1 heterocycles. The lowest BCUT2D eigenvalue weighted by Crippen LogP contribution is -2.70. The quantitative estimate of drug-likeness (QED) is 0.146. The van der Waals surface area contributed by atoms with Gasteiger partial charge in [-0.3, -0.25) is 14.9 Å². The van der Waals surface area contributed by atoms with E-state index in [0.717, 1.165) is 16.7 Å². The molecule has 4 aromatic carbocycles. The van der Waals surface area contributed by atoms with Crippen molar-refractivity contribution < 1.29 is 19.1 Å². The SMILES string of the molecule is CC(C)(C)OC(=O)Nc1ccccc1CC(=O)N[C@@H]1C(=O)N[C@@H]1CSC(c1ccccc1)(c1ccccc1)c1ccccc1. The molecule has 4 aromatic rings. The van der Waals surface area contributed by atoms with Crippen LogP contribution in [0.25, 0.3) is 0 Å². The van der Waals surface area contributed by atoms with Crippen LogP contribution in [0.2, 0.25) is 0 Å². The van der Waals surface area contributed by atoms with Crippen molar-refractivity contribution in [2.45, 2.75) is 49.6 Å². The summed E-state index contributed by atoms with van der Waals surface area (Å²) in [6, 6.07) is 37.2. The summed E-state index contributed by atoms with van der Waals surface area (Å²) in [6.07, 6.45) is -0.600. The fourth-order valence-corrected chi connectivity index (χ4v) is 6.95. The van der Waals surface area contributed by atoms with Crippen LogP contribution in [0.1, 0.15) is 43.0 Å². The number of carbonyl (C=O) groups excluding carboxylic acids is 3. The molecule has 0 bridgehead atoms. The largest absolute Gasteiger partial charge is 0.444 e. The summed E-state index contributed by atoms with van der Waals surface area (Å²) < 4.78 is 4.83. The van der Waals surface area contributed by atoms with E-state index in [1.165, 1.54) is 0 Å². The van der Waals surface area contributed by atoms with Crippen molar-refractivity contribution in [2.24, 2.45) is 0 Å². The van der Waals surface area contributed by atoms with E-state index in [1.54, 1.807) is 56.8 Å². The highest BCUT2D eigenvalue weighted by atomic mass is 32.2. The first kappa shape index (κ1) is 30.9. The number of hydrogen-bond donors (Lipinski definition) is 3. The molecule has 1 saturated heterocycles. The Morgan fingerprint density at radius 3 is 1.77 bits per heavy atom. The standard InChI is InChI=1S/C36H37N3O4S/c1-35(2,3)43-34(42)38-29-22-14-13-15-25(29)23-31(40)39-32-30(37-33(32)41)24-44-36(26-16-7-4-8-17-26,27-18-9-5-10-19-27)28-20-11-6-12-21-28/h4-22,30,32H,23-24H2,1-3H3,(H,37,41)(H,38,42)(H,39,40)/t30-,32+/m1/s1. The van der Waals surface area contributed by atoms with Crippen molar-refractivity contribution in [1.82, 2.24) is 10.6 Å². The Morgan fingerprint density at radius 1 is 0.773 bits per heavy atom. The summed E-state index contributed by atoms with van der Waals surface area (Å²) in [4.78, 5) is 38.3. The third-order valence-electron chi connectivity index (χ3n) is 7.35. The molecule has 1 aliphatic heterocycles. The maximum Gasteiger partial charge on any atom is 0.412 e. The van der Waals surface area contributed by atoms with Crippen molar-refractivity contribution in [3.63, 3.8) is 0 Å². The number of para-hydroxylation sites is 1. The number of carbonyl (C=O) groups is 3. The van der Waals surface area contributed by atoms with Gasteiger partial charge in [0.15, 0.2) is 0 Å². The number of anilines is 1. The fourth-order valence-electron chi connectivity index (χ4n) is 5.34. The molecular formula is C36H37N3O4S. The number of nitrogens with one attached hydrogen (secondary N) is 3. The van der Waals surface area contributed by atoms with Gasteiger partial charge in [0.2, 0.25) is 11.8 Å². The Morgan fingerprint density at radius 2 is 1.27 bits per heavy atom. The third-order valence-corrected chi connectivity index (χ3v) is 9.02. The van der Waals surface area contributed by atoms with Gasteiger partial charge in [-0.2, -0.15) is 0 Å². The Hall–Kier alpha value is -4.56. The number of β-lactam (4-membered cyclic amide) rings is 1. The van der Waals surface area contributed by atoms with Crippen molar-refractivity contribution in [1.29, 1.82) is 0 Å². The normalized spacial score (nSPS) is 16.3. The number of ether oxygens (including phenoxy) is 1. The van der Waals surface area contributed by atoms with E-state index in [9.17, 15) is 14.4 Å². The lowest BCUT2D eigenvalue weighted by molar-refractivity contribution is -0.135. The molecule has 3 N–H and O–H groups in total. The zero-order valence-electron chi connectivity index (χ0n) is 25.1. The first-order chi connectivity index (χ1) is 21.2. The highest BCUT2D eigenvalue weighted by Crippen LogP contribution is 2.49. The monoisotopic (exact) mass is 607 g/mol. The summed E-state index contributed by atoms with van der Waals surface area (Å²) >= 11 is 1.74. The minimum atomic E-state index is -0.666. The van der Waals surface area contributed by atoms with Gasteiger partial charge >= 0.3 is 6.09 Å². The summed E-state index contributed by atoms with van der Waals surface area (Å²) in [7, 11) is 0. The van der Waals surface area contributed by atoms with Gasteiger partial charge in [-0.1, -0.05) is 109 Å². The minimum absolute atomic E-state index is 0.00238. The van der Waals surface area contributed by atoms with Crippen molar-refractivity contribution in [3.05, 3.63) is 138 Å². The van der Waals surface area contributed by atoms with Crippen LogP contribution in [0.5, 0.6) is 0 Å². The zero-order chi connectivity index (χ0) is 31.2. The second-order valence-electron chi connectivity index (χ2n) is 11.7. The molecular weight excluding hydrogens is 570 g/mol. The van der Waals surface area contributed by atoms with Gasteiger partial charge in [0.25, 0.3) is 0 Å². The van der Waals surface area contributed by atoms with Crippen LogP contribution in [-0.2, 0) is 25.5 Å². The van der Waals surface area contributed by atoms with Crippen molar-refractivity contribution in [3.8, 4) is 0 Å². The van der Waals surface area contributed by atoms with Crippen LogP contribution in [0.15, 0.2) is 115 Å². The molecule has 5 rings (SSSR count). The van der Waals surface area contributed by atoms with Gasteiger partial charge in [0.1, 0.15) is 11.6 Å². The number of benzene rings is 4. The Bertz CT molecular complexity index is 1490. The molecule has 7 nitrogen and oxygen atoms in total. The molecule has 0 aromatic heterocycles. The molecule has 1 fully saturated rings. The van der Waals surface area contributed by atoms with Gasteiger partial charge in [-0.05, 0) is 49.1 Å². The van der Waals surface area contributed by atoms with Gasteiger partial charge in [0, 0.05) is 11.4 Å². The van der Waals surface area contributed by atoms with Crippen LogP contribution in [0.4, 0.5) is 10.5 Å². The molecule has 8 heteroatoms. The van der Waals surface area contributed by atoms with E-state index in [2.05, 4.69) is 52.3 Å². The maximum atomic E-state index is 13.2. The highest BCUT2D eigenvalue weighted by Gasteiger charge is 2.44. The molecule has 0 spiro atoms. The molecule has 0 saturated carbocycles. The lowest BCUT2D eigenvalue weighted by Gasteiger charge is -2.41. The molecule has 226 valence electrons. The van der Waals surface area contributed by atoms with E-state index >= 15 is 0 Å². The van der Waals surface area contributed by atoms with E-state index in [-0.39, 0.29) is 24.3 Å². The molecule has 0 radical (unpaired) electrons. The second-order valence-corrected chi connectivity index (χ2v) is 12.9. The van der Waals surface area contributed by atoms with E-state index < -0.39 is 22.5 Å². The summed E-state index contributed by atoms with van der Waals surface area (Å²) in [5, 5.41) is 8.66. The predicted octanol–water partition coefficient (Wildman–Crippen LogP) is 6.28. The average Bonchev–Trinajstić information content (AvgIpc) is 3.01. The number of amides is 3. The second kappa shape index (κ2) is 13.4. The zero-order valence-corrected chi connectivity index (χ0v) is 25.9. The highest BCUT2D eigenvalue weighted by molar-refractivity contribution is 8.00. The Labute approximate surface area is 262 Å². The molecule has 0 unspecified atom stereocenters. The molecule has 44 heavy (non-hydrogen) atoms. The van der Waals surface area contributed by atoms with Crippen LogP contribution in [0, 0.1) is 0 Å². The first-order valence-electron chi connectivity index (χ1n) is 14.6. The van der Waals surface area contributed by atoms with Crippen LogP contribution >= 0.6 is 11.8 Å². The number of thioether (sulfide) groups is 1. The summed E-state index contributed by atoms with van der Waals surface area (Å²) in [5.74, 6) is 0.0409. The molecule has 3 amide bonds. The molecule has 2 atom stereocenters. The first-order valence-corrected chi connectivity index (χ1v) is 15.6. The fraction of sp³-hybridized carbons (Fsp3) is 0.250. The molecule has 0 aliphatic carbocycles. The van der Waals surface area contributed by atoms with E-state index in [1.807, 2.05) is 54.6 Å². The van der Waals surface area contributed by atoms with E-state index in [4.69, 9.17) is 4.74 Å². The van der Waals surface area contributed by atoms with Gasteiger partial charge in [0.05, 0.1) is 17.2 Å². The molecule has 1 aliphatic rings. The Kier molecular flexibility index (Phi) is 9.40. The lowest BCUT2D eigenvalue weighted by atomic mass is 9.84. The van der Waals surface area contributed by atoms with Crippen LogP contribution < -0.4 is 16.0 Å². The average molecular weight is 608 g/mol. The van der Waals surface area contributed by atoms with Crippen LogP contribution in [-0.4, -0.2) is 41.3 Å². The predicted molar refractivity (Wildman–Crippen MR) is 176 cm³/mol. The van der Waals surface area contributed by atoms with Gasteiger partial charge < -0.3 is 15.4 Å². The van der Waals surface area contributed by atoms with Crippen molar-refractivity contribution in [2.75, 3.05) is 11.1 Å². The van der Waals surface area contributed by atoms with Gasteiger partial charge in [-0.15, -0.1) is 11.8 Å². The van der Waals surface area contributed by atoms with E-state index in [0.29, 0.717) is 17.0 Å². The van der Waals surface area contributed by atoms with Gasteiger partial charge in [-0.25, -0.2) is 4.79 Å². The topological polar surface area (TPSA) is 96.5 Å².